The third-order valence-corrected chi connectivity index (χ3v) is 3.63. The van der Waals surface area contributed by atoms with Gasteiger partial charge in [-0.3, -0.25) is 0 Å². The van der Waals surface area contributed by atoms with Crippen LogP contribution in [0.2, 0.25) is 0 Å². The molecule has 2 rings (SSSR count). The van der Waals surface area contributed by atoms with Gasteiger partial charge in [0.05, 0.1) is 0 Å². The van der Waals surface area contributed by atoms with Gasteiger partial charge in [-0.25, -0.2) is 0 Å². The summed E-state index contributed by atoms with van der Waals surface area (Å²) in [6.45, 7) is 4.30. The Kier molecular flexibility index (Phi) is 4.75. The minimum absolute atomic E-state index is 0.237. The van der Waals surface area contributed by atoms with E-state index in [1.807, 2.05) is 0 Å². The molecule has 1 unspecified atom stereocenters. The van der Waals surface area contributed by atoms with E-state index in [4.69, 9.17) is 5.73 Å². The lowest BCUT2D eigenvalue weighted by molar-refractivity contribution is 0.609. The molecule has 0 saturated heterocycles. The minimum atomic E-state index is 0.237. The molecule has 0 heterocycles. The van der Waals surface area contributed by atoms with Gasteiger partial charge in [0.15, 0.2) is 0 Å². The second-order valence-electron chi connectivity index (χ2n) is 5.42. The molecule has 0 fully saturated rings. The SMILES string of the molecule is Cc1ccc(C)c(CC(N)CCc2ccccc2)c1. The van der Waals surface area contributed by atoms with E-state index in [-0.39, 0.29) is 6.04 Å². The molecule has 2 aromatic carbocycles. The number of hydrogen-bond donors (Lipinski definition) is 1. The molecule has 0 aliphatic rings. The lowest BCUT2D eigenvalue weighted by atomic mass is 9.96. The first-order valence-corrected chi connectivity index (χ1v) is 7.01. The summed E-state index contributed by atoms with van der Waals surface area (Å²) in [5.74, 6) is 0. The fourth-order valence-corrected chi connectivity index (χ4v) is 2.40. The van der Waals surface area contributed by atoms with Crippen LogP contribution in [0.25, 0.3) is 0 Å². The molecule has 1 nitrogen and oxygen atoms in total. The first kappa shape index (κ1) is 13.8. The normalized spacial score (nSPS) is 12.4. The smallest absolute Gasteiger partial charge is 0.00825 e. The molecule has 2 N–H and O–H groups in total. The van der Waals surface area contributed by atoms with E-state index in [0.29, 0.717) is 0 Å². The van der Waals surface area contributed by atoms with Crippen molar-refractivity contribution in [2.75, 3.05) is 0 Å². The number of benzene rings is 2. The Balaban J connectivity index is 1.90. The van der Waals surface area contributed by atoms with Crippen molar-refractivity contribution >= 4 is 0 Å². The Morgan fingerprint density at radius 3 is 2.47 bits per heavy atom. The molecular formula is C18H23N. The Hall–Kier alpha value is -1.60. The Bertz CT molecular complexity index is 516. The predicted octanol–water partition coefficient (Wildman–Crippen LogP) is 3.81. The Labute approximate surface area is 116 Å². The van der Waals surface area contributed by atoms with Crippen LogP contribution in [0, 0.1) is 13.8 Å². The van der Waals surface area contributed by atoms with Gasteiger partial charge in [0.25, 0.3) is 0 Å². The second-order valence-corrected chi connectivity index (χ2v) is 5.42. The predicted molar refractivity (Wildman–Crippen MR) is 82.4 cm³/mol. The number of rotatable bonds is 5. The highest BCUT2D eigenvalue weighted by Gasteiger charge is 2.07. The average molecular weight is 253 g/mol. The molecule has 1 heteroatoms. The van der Waals surface area contributed by atoms with Crippen LogP contribution in [-0.2, 0) is 12.8 Å². The van der Waals surface area contributed by atoms with Crippen LogP contribution in [0.5, 0.6) is 0 Å². The summed E-state index contributed by atoms with van der Waals surface area (Å²) in [4.78, 5) is 0. The van der Waals surface area contributed by atoms with Crippen LogP contribution in [0.15, 0.2) is 48.5 Å². The quantitative estimate of drug-likeness (QED) is 0.861. The maximum Gasteiger partial charge on any atom is 0.00825 e. The summed E-state index contributed by atoms with van der Waals surface area (Å²) >= 11 is 0. The molecule has 0 bridgehead atoms. The van der Waals surface area contributed by atoms with Crippen LogP contribution in [0.1, 0.15) is 28.7 Å². The van der Waals surface area contributed by atoms with Crippen molar-refractivity contribution in [3.63, 3.8) is 0 Å². The van der Waals surface area contributed by atoms with E-state index < -0.39 is 0 Å². The van der Waals surface area contributed by atoms with Gasteiger partial charge in [-0.05, 0) is 49.8 Å². The molecule has 0 amide bonds. The van der Waals surface area contributed by atoms with Crippen LogP contribution in [-0.4, -0.2) is 6.04 Å². The zero-order valence-electron chi connectivity index (χ0n) is 11.9. The van der Waals surface area contributed by atoms with Gasteiger partial charge in [0.2, 0.25) is 0 Å². The second kappa shape index (κ2) is 6.53. The molecular weight excluding hydrogens is 230 g/mol. The van der Waals surface area contributed by atoms with Crippen molar-refractivity contribution in [1.82, 2.24) is 0 Å². The zero-order chi connectivity index (χ0) is 13.7. The zero-order valence-corrected chi connectivity index (χ0v) is 11.9. The third-order valence-electron chi connectivity index (χ3n) is 3.63. The number of aryl methyl sites for hydroxylation is 3. The van der Waals surface area contributed by atoms with Crippen molar-refractivity contribution < 1.29 is 0 Å². The monoisotopic (exact) mass is 253 g/mol. The van der Waals surface area contributed by atoms with E-state index >= 15 is 0 Å². The topological polar surface area (TPSA) is 26.0 Å². The number of hydrogen-bond acceptors (Lipinski definition) is 1. The van der Waals surface area contributed by atoms with Crippen molar-refractivity contribution in [3.05, 3.63) is 70.8 Å². The maximum absolute atomic E-state index is 6.27. The molecule has 100 valence electrons. The summed E-state index contributed by atoms with van der Waals surface area (Å²) in [6, 6.07) is 17.4. The highest BCUT2D eigenvalue weighted by molar-refractivity contribution is 5.31. The summed E-state index contributed by atoms with van der Waals surface area (Å²) < 4.78 is 0. The van der Waals surface area contributed by atoms with Crippen molar-refractivity contribution in [2.24, 2.45) is 5.73 Å². The molecule has 0 aliphatic heterocycles. The van der Waals surface area contributed by atoms with Crippen molar-refractivity contribution in [3.8, 4) is 0 Å². The van der Waals surface area contributed by atoms with Gasteiger partial charge in [-0.15, -0.1) is 0 Å². The van der Waals surface area contributed by atoms with Crippen LogP contribution >= 0.6 is 0 Å². The maximum atomic E-state index is 6.27. The minimum Gasteiger partial charge on any atom is -0.327 e. The molecule has 0 saturated carbocycles. The molecule has 0 radical (unpaired) electrons. The molecule has 1 atom stereocenters. The van der Waals surface area contributed by atoms with Gasteiger partial charge >= 0.3 is 0 Å². The number of nitrogens with two attached hydrogens (primary N) is 1. The van der Waals surface area contributed by atoms with Crippen LogP contribution in [0.3, 0.4) is 0 Å². The molecule has 0 aromatic heterocycles. The fourth-order valence-electron chi connectivity index (χ4n) is 2.40. The first-order chi connectivity index (χ1) is 9.15. The highest BCUT2D eigenvalue weighted by atomic mass is 14.6. The van der Waals surface area contributed by atoms with Crippen LogP contribution < -0.4 is 5.73 Å². The molecule has 0 aliphatic carbocycles. The van der Waals surface area contributed by atoms with Gasteiger partial charge < -0.3 is 5.73 Å². The van der Waals surface area contributed by atoms with Gasteiger partial charge in [0, 0.05) is 6.04 Å². The molecule has 19 heavy (non-hydrogen) atoms. The van der Waals surface area contributed by atoms with Crippen molar-refractivity contribution in [1.29, 1.82) is 0 Å². The van der Waals surface area contributed by atoms with E-state index in [9.17, 15) is 0 Å². The van der Waals surface area contributed by atoms with Gasteiger partial charge in [-0.1, -0.05) is 54.1 Å². The van der Waals surface area contributed by atoms with E-state index in [1.165, 1.54) is 22.3 Å². The Morgan fingerprint density at radius 2 is 1.74 bits per heavy atom. The van der Waals surface area contributed by atoms with Crippen LogP contribution in [0.4, 0.5) is 0 Å². The van der Waals surface area contributed by atoms with Crippen molar-refractivity contribution in [2.45, 2.75) is 39.2 Å². The average Bonchev–Trinajstić information content (AvgIpc) is 2.42. The summed E-state index contributed by atoms with van der Waals surface area (Å²) in [5, 5.41) is 0. The van der Waals surface area contributed by atoms with Gasteiger partial charge in [-0.2, -0.15) is 0 Å². The fraction of sp³-hybridized carbons (Fsp3) is 0.333. The Morgan fingerprint density at radius 1 is 1.00 bits per heavy atom. The lowest BCUT2D eigenvalue weighted by Crippen LogP contribution is -2.24. The van der Waals surface area contributed by atoms with E-state index in [2.05, 4.69) is 62.4 Å². The van der Waals surface area contributed by atoms with E-state index in [1.54, 1.807) is 0 Å². The summed E-state index contributed by atoms with van der Waals surface area (Å²) in [5.41, 5.74) is 11.7. The summed E-state index contributed by atoms with van der Waals surface area (Å²) in [6.07, 6.45) is 3.07. The molecule has 0 spiro atoms. The third kappa shape index (κ3) is 4.22. The highest BCUT2D eigenvalue weighted by Crippen LogP contribution is 2.14. The first-order valence-electron chi connectivity index (χ1n) is 7.01. The summed E-state index contributed by atoms with van der Waals surface area (Å²) in [7, 11) is 0. The molecule has 2 aromatic rings. The standard InChI is InChI=1S/C18H23N/c1-14-8-9-15(2)17(12-14)13-18(19)11-10-16-6-4-3-5-7-16/h3-9,12,18H,10-11,13,19H2,1-2H3. The van der Waals surface area contributed by atoms with E-state index in [0.717, 1.165) is 19.3 Å². The largest absolute Gasteiger partial charge is 0.327 e. The van der Waals surface area contributed by atoms with Gasteiger partial charge in [0.1, 0.15) is 0 Å². The lowest BCUT2D eigenvalue weighted by Gasteiger charge is -2.14.